The number of rotatable bonds is 14. The van der Waals surface area contributed by atoms with E-state index in [0.29, 0.717) is 0 Å². The van der Waals surface area contributed by atoms with E-state index in [-0.39, 0.29) is 29.7 Å². The van der Waals surface area contributed by atoms with Crippen LogP contribution in [-0.2, 0) is 16.2 Å². The number of fused-ring (bicyclic) bond motifs is 8. The van der Waals surface area contributed by atoms with Crippen molar-refractivity contribution in [1.29, 1.82) is 0 Å². The van der Waals surface area contributed by atoms with Gasteiger partial charge in [-0.3, -0.25) is 0 Å². The average Bonchev–Trinajstić information content (AvgIpc) is 0.678. The molecule has 0 amide bonds. The predicted molar refractivity (Wildman–Crippen MR) is 519 cm³/mol. The second kappa shape index (κ2) is 29.9. The van der Waals surface area contributed by atoms with Crippen molar-refractivity contribution < 1.29 is 4.74 Å². The minimum absolute atomic E-state index is 0.0131. The summed E-state index contributed by atoms with van der Waals surface area (Å²) >= 11 is 0. The minimum Gasteiger partial charge on any atom is -0.458 e. The van der Waals surface area contributed by atoms with Gasteiger partial charge in [-0.2, -0.15) is 0 Å². The van der Waals surface area contributed by atoms with Crippen molar-refractivity contribution in [3.05, 3.63) is 417 Å². The predicted octanol–water partition coefficient (Wildman–Crippen LogP) is 27.3. The van der Waals surface area contributed by atoms with Gasteiger partial charge in [0.05, 0.1) is 34.1 Å². The van der Waals surface area contributed by atoms with Crippen molar-refractivity contribution in [2.45, 2.75) is 78.6 Å². The second-order valence-electron chi connectivity index (χ2n) is 36.0. The van der Waals surface area contributed by atoms with Crippen LogP contribution < -0.4 is 62.0 Å². The van der Waals surface area contributed by atoms with Crippen molar-refractivity contribution in [2.75, 3.05) is 24.5 Å². The Balaban J connectivity index is 0.893. The Hall–Kier alpha value is -14.3. The Bertz CT molecular complexity index is 6800. The van der Waals surface area contributed by atoms with Gasteiger partial charge in [-0.05, 0) is 185 Å². The molecule has 8 heteroatoms. The number of hydrogen-bond acceptors (Lipinski definition) is 6. The van der Waals surface area contributed by atoms with Crippen molar-refractivity contribution in [3.63, 3.8) is 0 Å². The summed E-state index contributed by atoms with van der Waals surface area (Å²) in [5.41, 5.74) is 37.6. The van der Waals surface area contributed by atoms with E-state index in [0.717, 1.165) is 163 Å². The molecule has 6 nitrogen and oxygen atoms in total. The number of anilines is 15. The zero-order valence-electron chi connectivity index (χ0n) is 70.4. The van der Waals surface area contributed by atoms with E-state index in [1.807, 2.05) is 0 Å². The fourth-order valence-electron chi connectivity index (χ4n) is 19.4. The van der Waals surface area contributed by atoms with Crippen LogP contribution in [0.5, 0.6) is 11.5 Å². The molecule has 17 aromatic rings. The molecule has 0 saturated heterocycles. The number of ether oxygens (including phenoxy) is 1. The molecular weight excluding hydrogens is 1480 g/mol. The van der Waals surface area contributed by atoms with Crippen LogP contribution in [0.2, 0.25) is 0 Å². The highest BCUT2D eigenvalue weighted by Gasteiger charge is 2.50. The van der Waals surface area contributed by atoms with Crippen LogP contribution in [0.1, 0.15) is 79.0 Å². The van der Waals surface area contributed by atoms with Crippen LogP contribution in [0, 0.1) is 0 Å². The van der Waals surface area contributed by atoms with E-state index in [4.69, 9.17) is 4.74 Å². The molecule has 0 N–H and O–H groups in total. The first-order valence-electron chi connectivity index (χ1n) is 42.9. The second-order valence-corrected chi connectivity index (χ2v) is 36.0. The van der Waals surface area contributed by atoms with Crippen LogP contribution in [0.15, 0.2) is 400 Å². The van der Waals surface area contributed by atoms with E-state index in [1.165, 1.54) is 38.5 Å². The maximum absolute atomic E-state index is 7.59. The van der Waals surface area contributed by atoms with Crippen LogP contribution in [-0.4, -0.2) is 13.4 Å². The summed E-state index contributed by atoms with van der Waals surface area (Å²) in [7, 11) is 0. The van der Waals surface area contributed by atoms with Gasteiger partial charge < -0.3 is 29.2 Å². The van der Waals surface area contributed by atoms with Crippen LogP contribution in [0.25, 0.3) is 55.6 Å². The van der Waals surface area contributed by atoms with Crippen molar-refractivity contribution in [1.82, 2.24) is 0 Å². The molecule has 0 radical (unpaired) electrons. The fourth-order valence-corrected chi connectivity index (χ4v) is 19.4. The first-order valence-corrected chi connectivity index (χ1v) is 42.9. The highest BCUT2D eigenvalue weighted by molar-refractivity contribution is 7.02. The molecule has 0 bridgehead atoms. The Morgan fingerprint density at radius 3 is 1.11 bits per heavy atom. The third-order valence-corrected chi connectivity index (χ3v) is 25.4. The maximum atomic E-state index is 7.59. The van der Waals surface area contributed by atoms with Gasteiger partial charge in [0, 0.05) is 85.1 Å². The van der Waals surface area contributed by atoms with E-state index >= 15 is 0 Å². The van der Waals surface area contributed by atoms with Gasteiger partial charge in [0.25, 0.3) is 13.4 Å². The van der Waals surface area contributed by atoms with Crippen molar-refractivity contribution in [3.8, 4) is 67.1 Å². The van der Waals surface area contributed by atoms with Gasteiger partial charge in [0.15, 0.2) is 0 Å². The quantitative estimate of drug-likeness (QED) is 0.101. The lowest BCUT2D eigenvalue weighted by molar-refractivity contribution is 0.487. The zero-order valence-corrected chi connectivity index (χ0v) is 70.4. The van der Waals surface area contributed by atoms with Gasteiger partial charge in [-0.15, -0.1) is 0 Å². The standard InChI is InChI=1S/C114H93B2N5O/c1-112(2,3)81-64-58-78(59-65-81)89-46-25-30-53-98(89)117(84-40-19-12-20-41-84)87-70-104-109-105(71-87)121(111-92(76-36-15-10-16-37-76)49-35-50-93(111)77-38-17-11-18-39-77)103-75-102-96(74-97(103)115(109)94-51-28-33-56-101(94)120(104)100-55-32-27-48-91(100)80-62-68-83(69-63-80)114(7,8)9)116-95-52-29-34-57-107(95)122-108-73-88(72-106(110(108)116)119(102)86-44-23-14-24-45-86)118(85-42-21-13-22-43-85)99-54-31-26-47-90(99)79-60-66-82(67-61-79)113(4,5)6/h10-75H,1-9H3. The normalized spacial score (nSPS) is 12.9. The average molecular weight is 1570 g/mol. The van der Waals surface area contributed by atoms with Gasteiger partial charge in [0.2, 0.25) is 0 Å². The number of hydrogen-bond donors (Lipinski definition) is 0. The Morgan fingerprint density at radius 1 is 0.230 bits per heavy atom. The molecule has 0 saturated carbocycles. The molecule has 0 fully saturated rings. The van der Waals surface area contributed by atoms with E-state index in [9.17, 15) is 0 Å². The molecule has 0 unspecified atom stereocenters. The third-order valence-electron chi connectivity index (χ3n) is 25.4. The van der Waals surface area contributed by atoms with Crippen LogP contribution >= 0.6 is 0 Å². The summed E-state index contributed by atoms with van der Waals surface area (Å²) in [6, 6.07) is 150. The summed E-state index contributed by atoms with van der Waals surface area (Å²) in [4.78, 5) is 12.9. The van der Waals surface area contributed by atoms with E-state index in [1.54, 1.807) is 0 Å². The first kappa shape index (κ1) is 75.2. The van der Waals surface area contributed by atoms with Crippen molar-refractivity contribution >= 4 is 132 Å². The molecule has 0 atom stereocenters. The molecule has 0 aromatic heterocycles. The smallest absolute Gasteiger partial charge is 0.256 e. The third kappa shape index (κ3) is 13.0. The molecular formula is C114H93B2N5O. The summed E-state index contributed by atoms with van der Waals surface area (Å²) in [5, 5.41) is 0. The Morgan fingerprint density at radius 2 is 0.598 bits per heavy atom. The first-order chi connectivity index (χ1) is 59.5. The minimum atomic E-state index is -0.327. The number of benzene rings is 17. The molecule has 0 spiro atoms. The van der Waals surface area contributed by atoms with Gasteiger partial charge >= 0.3 is 0 Å². The monoisotopic (exact) mass is 1570 g/mol. The fraction of sp³-hybridized carbons (Fsp3) is 0.105. The molecule has 21 rings (SSSR count). The summed E-state index contributed by atoms with van der Waals surface area (Å²) in [6.07, 6.45) is 0. The molecule has 586 valence electrons. The number of para-hydroxylation sites is 9. The zero-order chi connectivity index (χ0) is 82.7. The highest BCUT2D eigenvalue weighted by atomic mass is 16.5. The van der Waals surface area contributed by atoms with E-state index < -0.39 is 0 Å². The lowest BCUT2D eigenvalue weighted by atomic mass is 9.30. The lowest BCUT2D eigenvalue weighted by Crippen LogP contribution is -2.64. The molecule has 122 heavy (non-hydrogen) atoms. The molecule has 4 aliphatic rings. The lowest BCUT2D eigenvalue weighted by Gasteiger charge is -2.47. The van der Waals surface area contributed by atoms with Crippen LogP contribution in [0.4, 0.5) is 85.3 Å². The maximum Gasteiger partial charge on any atom is 0.256 e. The summed E-state index contributed by atoms with van der Waals surface area (Å²) in [5.74, 6) is 1.64. The van der Waals surface area contributed by atoms with Gasteiger partial charge in [0.1, 0.15) is 11.5 Å². The SMILES string of the molecule is CC(C)(C)c1ccc(-c2ccccc2N(c2ccccc2)c2cc3c4c(c2)N(c2ccccc2)c2cc5c(cc2B4c2ccccc2O3)B2c3ccccc3N(c3ccccc3-c3ccc(C(C)(C)C)cc3)c3cc(N(c4ccccc4)c4ccccc4-c4ccc(C(C)(C)C)cc4)cc(c32)N5c2c(-c3ccccc3)cccc2-c2ccccc2)cc1. The summed E-state index contributed by atoms with van der Waals surface area (Å²) in [6.45, 7) is 20.0. The molecule has 0 aliphatic carbocycles. The molecule has 17 aromatic carbocycles. The van der Waals surface area contributed by atoms with E-state index in [2.05, 4.69) is 487 Å². The number of nitrogens with zero attached hydrogens (tertiary/aromatic N) is 5. The Kier molecular flexibility index (Phi) is 18.4. The van der Waals surface area contributed by atoms with Crippen LogP contribution in [0.3, 0.4) is 0 Å². The van der Waals surface area contributed by atoms with Gasteiger partial charge in [-0.25, -0.2) is 0 Å². The molecule has 4 aliphatic heterocycles. The highest BCUT2D eigenvalue weighted by Crippen LogP contribution is 2.56. The van der Waals surface area contributed by atoms with Gasteiger partial charge in [-0.1, -0.05) is 366 Å². The largest absolute Gasteiger partial charge is 0.458 e. The Labute approximate surface area is 718 Å². The molecule has 4 heterocycles. The van der Waals surface area contributed by atoms with Crippen molar-refractivity contribution in [2.24, 2.45) is 0 Å². The topological polar surface area (TPSA) is 25.4 Å². The summed E-state index contributed by atoms with van der Waals surface area (Å²) < 4.78 is 7.59.